The number of para-hydroxylation sites is 1. The first-order valence-corrected chi connectivity index (χ1v) is 10.8. The molecule has 2 atom stereocenters. The second-order valence-corrected chi connectivity index (χ2v) is 8.13. The van der Waals surface area contributed by atoms with E-state index in [4.69, 9.17) is 9.84 Å². The van der Waals surface area contributed by atoms with Crippen molar-refractivity contribution in [3.05, 3.63) is 58.9 Å². The molecule has 0 fully saturated rings. The molecule has 0 aliphatic carbocycles. The Hall–Kier alpha value is -4.36. The molecule has 2 aromatic rings. The molecule has 3 N–H and O–H groups in total. The second kappa shape index (κ2) is 12.7. The minimum Gasteiger partial charge on any atom is -0.481 e. The van der Waals surface area contributed by atoms with Crippen LogP contribution in [0.3, 0.4) is 0 Å². The number of aryl methyl sites for hydroxylation is 1. The molecule has 0 bridgehead atoms. The maximum atomic E-state index is 14.1. The largest absolute Gasteiger partial charge is 0.481 e. The molecule has 14 heteroatoms. The van der Waals surface area contributed by atoms with E-state index in [-0.39, 0.29) is 5.56 Å². The number of ketones is 2. The van der Waals surface area contributed by atoms with Crippen molar-refractivity contribution in [3.8, 4) is 5.75 Å². The molecule has 2 rings (SSSR count). The summed E-state index contributed by atoms with van der Waals surface area (Å²) in [5, 5.41) is 12.8. The zero-order valence-electron chi connectivity index (χ0n) is 19.9. The van der Waals surface area contributed by atoms with E-state index < -0.39 is 101 Å². The number of rotatable bonds is 12. The number of amides is 2. The third kappa shape index (κ3) is 7.57. The lowest BCUT2D eigenvalue weighted by Gasteiger charge is -2.19. The first-order chi connectivity index (χ1) is 17.7. The van der Waals surface area contributed by atoms with E-state index in [2.05, 4.69) is 0 Å². The van der Waals surface area contributed by atoms with Gasteiger partial charge < -0.3 is 20.5 Å². The molecule has 0 aliphatic heterocycles. The smallest absolute Gasteiger partial charge is 0.305 e. The van der Waals surface area contributed by atoms with Crippen molar-refractivity contribution in [2.75, 3.05) is 11.9 Å². The topological polar surface area (TPSA) is 139 Å². The van der Waals surface area contributed by atoms with E-state index in [9.17, 15) is 45.9 Å². The zero-order valence-corrected chi connectivity index (χ0v) is 19.9. The van der Waals surface area contributed by atoms with E-state index in [0.29, 0.717) is 6.07 Å². The lowest BCUT2D eigenvalue weighted by Crippen LogP contribution is -2.46. The predicted molar refractivity (Wildman–Crippen MR) is 120 cm³/mol. The van der Waals surface area contributed by atoms with Gasteiger partial charge in [-0.3, -0.25) is 24.0 Å². The Labute approximate surface area is 212 Å². The molecule has 0 saturated carbocycles. The zero-order chi connectivity index (χ0) is 28.7. The van der Waals surface area contributed by atoms with Crippen LogP contribution in [0, 0.1) is 41.9 Å². The quantitative estimate of drug-likeness (QED) is 0.212. The summed E-state index contributed by atoms with van der Waals surface area (Å²) in [6.07, 6.45) is -1.79. The Balaban J connectivity index is 2.04. The number of Topliss-reactive ketones (excluding diaryl/α,β-unsaturated/α-hetero) is 2. The highest BCUT2D eigenvalue weighted by molar-refractivity contribution is 6.40. The van der Waals surface area contributed by atoms with Gasteiger partial charge in [0.15, 0.2) is 23.2 Å². The summed E-state index contributed by atoms with van der Waals surface area (Å²) < 4.78 is 73.5. The van der Waals surface area contributed by atoms with Crippen molar-refractivity contribution in [2.24, 2.45) is 5.92 Å². The van der Waals surface area contributed by atoms with Crippen LogP contribution in [0.4, 0.5) is 27.6 Å². The average Bonchev–Trinajstić information content (AvgIpc) is 2.83. The molecule has 0 saturated heterocycles. The Morgan fingerprint density at radius 1 is 0.947 bits per heavy atom. The number of carbonyl (C=O) groups excluding carboxylic acids is 4. The molecule has 2 amide bonds. The summed E-state index contributed by atoms with van der Waals surface area (Å²) in [5.74, 6) is -15.8. The summed E-state index contributed by atoms with van der Waals surface area (Å²) in [4.78, 5) is 60.2. The number of carboxylic acids is 1. The molecule has 0 aliphatic rings. The summed E-state index contributed by atoms with van der Waals surface area (Å²) >= 11 is 0. The van der Waals surface area contributed by atoms with Gasteiger partial charge in [0.1, 0.15) is 30.0 Å². The Morgan fingerprint density at radius 2 is 1.55 bits per heavy atom. The summed E-state index contributed by atoms with van der Waals surface area (Å²) in [6.45, 7) is 1.10. The van der Waals surface area contributed by atoms with E-state index in [1.807, 2.05) is 5.32 Å². The molecule has 0 unspecified atom stereocenters. The van der Waals surface area contributed by atoms with Gasteiger partial charge in [-0.25, -0.2) is 17.6 Å². The van der Waals surface area contributed by atoms with Crippen molar-refractivity contribution in [2.45, 2.75) is 32.7 Å². The van der Waals surface area contributed by atoms with Crippen LogP contribution >= 0.6 is 0 Å². The standard InChI is InChI=1S/C24H21F5N2O7/c1-10-6-14(27)20(29)22(19(10)28)38-9-17(33)15(8-18(34)35)30-23(36)11(2)7-16(32)24(37)31-21-12(25)4-3-5-13(21)26/h3-6,11,15H,7-9H2,1-2H3,(H,30,36)(H,31,37)(H,34,35)/t11-,15+/m1/s1. The number of hydrogen-bond acceptors (Lipinski definition) is 6. The van der Waals surface area contributed by atoms with E-state index in [1.165, 1.54) is 0 Å². The fraction of sp³-hybridized carbons (Fsp3) is 0.292. The fourth-order valence-electron chi connectivity index (χ4n) is 3.07. The van der Waals surface area contributed by atoms with Gasteiger partial charge in [-0.15, -0.1) is 0 Å². The van der Waals surface area contributed by atoms with Crippen LogP contribution in [0.1, 0.15) is 25.3 Å². The van der Waals surface area contributed by atoms with Crippen LogP contribution in [-0.4, -0.2) is 47.1 Å². The number of nitrogens with one attached hydrogen (secondary N) is 2. The first-order valence-electron chi connectivity index (χ1n) is 10.8. The molecular weight excluding hydrogens is 523 g/mol. The molecule has 0 spiro atoms. The summed E-state index contributed by atoms with van der Waals surface area (Å²) in [7, 11) is 0. The number of aliphatic carboxylic acids is 1. The monoisotopic (exact) mass is 544 g/mol. The number of ether oxygens (including phenoxy) is 1. The molecule has 0 heterocycles. The van der Waals surface area contributed by atoms with Gasteiger partial charge in [0.25, 0.3) is 5.91 Å². The van der Waals surface area contributed by atoms with E-state index in [1.54, 1.807) is 5.32 Å². The minimum atomic E-state index is -1.79. The lowest BCUT2D eigenvalue weighted by atomic mass is 10.0. The fourth-order valence-corrected chi connectivity index (χ4v) is 3.07. The van der Waals surface area contributed by atoms with Crippen molar-refractivity contribution in [1.82, 2.24) is 5.32 Å². The molecule has 38 heavy (non-hydrogen) atoms. The molecule has 0 radical (unpaired) electrons. The normalized spacial score (nSPS) is 12.3. The maximum Gasteiger partial charge on any atom is 0.305 e. The number of carboxylic acid groups (broad SMARTS) is 1. The summed E-state index contributed by atoms with van der Waals surface area (Å²) in [6, 6.07) is 1.46. The van der Waals surface area contributed by atoms with Gasteiger partial charge in [-0.05, 0) is 30.7 Å². The molecule has 9 nitrogen and oxygen atoms in total. The average molecular weight is 544 g/mol. The van der Waals surface area contributed by atoms with Crippen LogP contribution in [0.2, 0.25) is 0 Å². The van der Waals surface area contributed by atoms with Gasteiger partial charge >= 0.3 is 5.97 Å². The molecule has 204 valence electrons. The van der Waals surface area contributed by atoms with Crippen molar-refractivity contribution in [3.63, 3.8) is 0 Å². The molecule has 0 aromatic heterocycles. The maximum absolute atomic E-state index is 14.1. The number of carbonyl (C=O) groups is 5. The van der Waals surface area contributed by atoms with Crippen molar-refractivity contribution in [1.29, 1.82) is 0 Å². The second-order valence-electron chi connectivity index (χ2n) is 8.13. The summed E-state index contributed by atoms with van der Waals surface area (Å²) in [5.41, 5.74) is -1.21. The number of hydrogen-bond donors (Lipinski definition) is 3. The third-order valence-electron chi connectivity index (χ3n) is 5.13. The third-order valence-corrected chi connectivity index (χ3v) is 5.13. The highest BCUT2D eigenvalue weighted by Crippen LogP contribution is 2.27. The SMILES string of the molecule is Cc1cc(F)c(F)c(OCC(=O)[C@H](CC(=O)O)NC(=O)[C@H](C)CC(=O)C(=O)Nc2c(F)cccc2F)c1F. The first kappa shape index (κ1) is 29.9. The molecular formula is C24H21F5N2O7. The van der Waals surface area contributed by atoms with Crippen LogP contribution in [0.15, 0.2) is 24.3 Å². The highest BCUT2D eigenvalue weighted by atomic mass is 19.2. The van der Waals surface area contributed by atoms with Crippen LogP contribution in [-0.2, 0) is 24.0 Å². The van der Waals surface area contributed by atoms with Gasteiger partial charge in [-0.1, -0.05) is 13.0 Å². The van der Waals surface area contributed by atoms with Gasteiger partial charge in [-0.2, -0.15) is 4.39 Å². The Kier molecular flexibility index (Phi) is 10.0. The lowest BCUT2D eigenvalue weighted by molar-refractivity contribution is -0.141. The minimum absolute atomic E-state index is 0.331. The van der Waals surface area contributed by atoms with Gasteiger partial charge in [0.2, 0.25) is 17.5 Å². The van der Waals surface area contributed by atoms with Crippen LogP contribution in [0.25, 0.3) is 0 Å². The van der Waals surface area contributed by atoms with Crippen LogP contribution in [0.5, 0.6) is 5.75 Å². The van der Waals surface area contributed by atoms with E-state index in [0.717, 1.165) is 32.0 Å². The van der Waals surface area contributed by atoms with Crippen molar-refractivity contribution < 1.29 is 55.8 Å². The molecule has 2 aromatic carbocycles. The Bertz CT molecular complexity index is 1240. The highest BCUT2D eigenvalue weighted by Gasteiger charge is 2.29. The van der Waals surface area contributed by atoms with Gasteiger partial charge in [0.05, 0.1) is 6.42 Å². The number of benzene rings is 2. The number of anilines is 1. The Morgan fingerprint density at radius 3 is 2.13 bits per heavy atom. The van der Waals surface area contributed by atoms with E-state index >= 15 is 0 Å². The number of halogens is 5. The van der Waals surface area contributed by atoms with Gasteiger partial charge in [0, 0.05) is 12.3 Å². The predicted octanol–water partition coefficient (Wildman–Crippen LogP) is 2.83. The van der Waals surface area contributed by atoms with Crippen LogP contribution < -0.4 is 15.4 Å². The van der Waals surface area contributed by atoms with Crippen molar-refractivity contribution >= 4 is 35.0 Å².